The van der Waals surface area contributed by atoms with Gasteiger partial charge in [-0.15, -0.1) is 0 Å². The number of nitrogens with zero attached hydrogens (tertiary/aromatic N) is 3. The van der Waals surface area contributed by atoms with Gasteiger partial charge in [0.25, 0.3) is 17.0 Å². The summed E-state index contributed by atoms with van der Waals surface area (Å²) in [6, 6.07) is 11.2. The zero-order valence-electron chi connectivity index (χ0n) is 26.0. The quantitative estimate of drug-likeness (QED) is 0.324. The molecule has 2 aromatic heterocycles. The number of anilines is 2. The van der Waals surface area contributed by atoms with Crippen LogP contribution in [0.5, 0.6) is 5.75 Å². The van der Waals surface area contributed by atoms with E-state index in [0.717, 1.165) is 17.4 Å². The van der Waals surface area contributed by atoms with Gasteiger partial charge in [-0.2, -0.15) is 0 Å². The number of carbonyl (C=O) groups excluding carboxylic acids is 1. The molecule has 2 aromatic carbocycles. The lowest BCUT2D eigenvalue weighted by molar-refractivity contribution is -0.123. The van der Waals surface area contributed by atoms with Gasteiger partial charge in [0.2, 0.25) is 0 Å². The minimum Gasteiger partial charge on any atom is -0.484 e. The molecule has 0 saturated heterocycles. The lowest BCUT2D eigenvalue weighted by Gasteiger charge is -2.20. The zero-order chi connectivity index (χ0) is 32.0. The molecule has 2 N–H and O–H groups in total. The van der Waals surface area contributed by atoms with Crippen molar-refractivity contribution in [1.29, 1.82) is 0 Å². The number of pyridine rings is 1. The van der Waals surface area contributed by atoms with Crippen LogP contribution in [0.2, 0.25) is 0 Å². The molecule has 1 amide bonds. The minimum atomic E-state index is -0.681. The van der Waals surface area contributed by atoms with Crippen molar-refractivity contribution in [2.45, 2.75) is 60.4 Å². The molecule has 0 atom stereocenters. The van der Waals surface area contributed by atoms with E-state index < -0.39 is 22.6 Å². The maximum Gasteiger partial charge on any atom is 0.335 e. The Hall–Kier alpha value is -4.67. The number of ether oxygens (including phenoxy) is 1. The summed E-state index contributed by atoms with van der Waals surface area (Å²) in [5, 5.41) is 5.78. The van der Waals surface area contributed by atoms with Crippen LogP contribution in [-0.4, -0.2) is 32.3 Å². The molecule has 4 aromatic rings. The molecular formula is C32H40FN5O5. The summed E-state index contributed by atoms with van der Waals surface area (Å²) >= 11 is 0. The minimum absolute atomic E-state index is 0.0341. The fraction of sp³-hybridized carbons (Fsp3) is 0.375. The molecule has 0 unspecified atom stereocenters. The van der Waals surface area contributed by atoms with Crippen molar-refractivity contribution >= 4 is 28.3 Å². The Morgan fingerprint density at radius 1 is 0.953 bits per heavy atom. The average Bonchev–Trinajstić information content (AvgIpc) is 3.83. The van der Waals surface area contributed by atoms with Crippen LogP contribution in [0.1, 0.15) is 51.7 Å². The summed E-state index contributed by atoms with van der Waals surface area (Å²) in [6.07, 6.45) is 1.91. The first kappa shape index (κ1) is 32.8. The first-order chi connectivity index (χ1) is 20.6. The summed E-state index contributed by atoms with van der Waals surface area (Å²) in [5.74, 6) is -0.432. The number of aromatic nitrogens is 3. The van der Waals surface area contributed by atoms with Gasteiger partial charge in [-0.1, -0.05) is 39.8 Å². The highest BCUT2D eigenvalue weighted by Crippen LogP contribution is 2.27. The molecule has 43 heavy (non-hydrogen) atoms. The van der Waals surface area contributed by atoms with Crippen molar-refractivity contribution < 1.29 is 13.9 Å². The van der Waals surface area contributed by atoms with Gasteiger partial charge in [0.1, 0.15) is 22.8 Å². The number of hydrogen-bond acceptors (Lipinski definition) is 6. The van der Waals surface area contributed by atoms with Crippen LogP contribution in [0.3, 0.4) is 0 Å². The third kappa shape index (κ3) is 6.87. The monoisotopic (exact) mass is 593 g/mol. The Labute approximate surface area is 249 Å². The van der Waals surface area contributed by atoms with Crippen LogP contribution in [0.4, 0.5) is 15.9 Å². The molecule has 230 valence electrons. The molecule has 0 spiro atoms. The van der Waals surface area contributed by atoms with Crippen molar-refractivity contribution in [3.63, 3.8) is 0 Å². The van der Waals surface area contributed by atoms with Crippen LogP contribution in [-0.2, 0) is 18.9 Å². The fourth-order valence-electron chi connectivity index (χ4n) is 4.50. The molecule has 2 heterocycles. The highest BCUT2D eigenvalue weighted by atomic mass is 19.1. The highest BCUT2D eigenvalue weighted by Gasteiger charge is 2.24. The van der Waals surface area contributed by atoms with E-state index in [4.69, 9.17) is 4.74 Å². The second kappa shape index (κ2) is 14.0. The number of fused-ring (bicyclic) bond motifs is 1. The molecule has 0 bridgehead atoms. The first-order valence-corrected chi connectivity index (χ1v) is 14.5. The topological polar surface area (TPSA) is 116 Å². The van der Waals surface area contributed by atoms with Gasteiger partial charge in [0.15, 0.2) is 6.61 Å². The van der Waals surface area contributed by atoms with E-state index in [1.165, 1.54) is 42.3 Å². The Kier molecular flexibility index (Phi) is 10.7. The molecule has 1 fully saturated rings. The van der Waals surface area contributed by atoms with Crippen molar-refractivity contribution in [3.05, 3.63) is 90.6 Å². The van der Waals surface area contributed by atoms with Gasteiger partial charge in [0, 0.05) is 31.8 Å². The molecule has 0 radical (unpaired) electrons. The second-order valence-corrected chi connectivity index (χ2v) is 9.78. The molecular weight excluding hydrogens is 553 g/mol. The fourth-order valence-corrected chi connectivity index (χ4v) is 4.50. The number of hydrogen-bond donors (Lipinski definition) is 2. The number of aryl methyl sites for hydroxylation is 2. The molecule has 1 aliphatic carbocycles. The Morgan fingerprint density at radius 2 is 1.63 bits per heavy atom. The largest absolute Gasteiger partial charge is 0.484 e. The van der Waals surface area contributed by atoms with Crippen LogP contribution >= 0.6 is 0 Å². The maximum atomic E-state index is 14.8. The Morgan fingerprint density at radius 3 is 2.26 bits per heavy atom. The number of halogens is 1. The molecule has 11 heteroatoms. The van der Waals surface area contributed by atoms with E-state index in [9.17, 15) is 23.6 Å². The van der Waals surface area contributed by atoms with Gasteiger partial charge < -0.3 is 15.4 Å². The predicted octanol–water partition coefficient (Wildman–Crippen LogP) is 4.60. The summed E-state index contributed by atoms with van der Waals surface area (Å²) < 4.78 is 23.8. The number of rotatable bonds is 7. The van der Waals surface area contributed by atoms with Crippen molar-refractivity contribution in [1.82, 2.24) is 19.0 Å². The van der Waals surface area contributed by atoms with Crippen molar-refractivity contribution in [2.24, 2.45) is 14.1 Å². The summed E-state index contributed by atoms with van der Waals surface area (Å²) in [4.78, 5) is 52.3. The van der Waals surface area contributed by atoms with E-state index in [1.807, 2.05) is 27.7 Å². The molecule has 1 aliphatic rings. The second-order valence-electron chi connectivity index (χ2n) is 9.78. The standard InChI is InChI=1S/C28H28FN5O5.2C2H6/c1-15-8-11-21(20(29)12-15)31-25-23-24(16(2)26(36)32(25)3)34(28(38)33(4)27(23)37)18-6-5-7-19(13-18)39-14-22(35)30-17-9-10-17;2*1-2/h5-8,11-13,17,31H,9-10,14H2,1-4H3,(H,30,35);2*1-2H3. The molecule has 0 aliphatic heterocycles. The van der Waals surface area contributed by atoms with Crippen LogP contribution < -0.4 is 32.2 Å². The maximum absolute atomic E-state index is 14.8. The van der Waals surface area contributed by atoms with Crippen molar-refractivity contribution in [2.75, 3.05) is 11.9 Å². The summed E-state index contributed by atoms with van der Waals surface area (Å²) in [6.45, 7) is 11.1. The van der Waals surface area contributed by atoms with Gasteiger partial charge in [0.05, 0.1) is 16.9 Å². The lowest BCUT2D eigenvalue weighted by atomic mass is 10.1. The molecule has 5 rings (SSSR count). The van der Waals surface area contributed by atoms with Gasteiger partial charge in [-0.05, 0) is 56.5 Å². The van der Waals surface area contributed by atoms with Gasteiger partial charge in [-0.25, -0.2) is 9.18 Å². The summed E-state index contributed by atoms with van der Waals surface area (Å²) in [7, 11) is 2.80. The predicted molar refractivity (Wildman–Crippen MR) is 169 cm³/mol. The van der Waals surface area contributed by atoms with E-state index in [0.29, 0.717) is 17.0 Å². The van der Waals surface area contributed by atoms with Gasteiger partial charge in [-0.3, -0.25) is 28.1 Å². The smallest absolute Gasteiger partial charge is 0.335 e. The first-order valence-electron chi connectivity index (χ1n) is 14.5. The van der Waals surface area contributed by atoms with E-state index in [-0.39, 0.29) is 46.5 Å². The van der Waals surface area contributed by atoms with Crippen LogP contribution in [0.15, 0.2) is 56.8 Å². The summed E-state index contributed by atoms with van der Waals surface area (Å²) in [5.41, 5.74) is -0.452. The SMILES string of the molecule is CC.CC.Cc1ccc(Nc2c3c(=O)n(C)c(=O)n(-c4cccc(OCC(=O)NC5CC5)c4)c3c(C)c(=O)n2C)c(F)c1. The third-order valence-corrected chi connectivity index (χ3v) is 6.78. The lowest BCUT2D eigenvalue weighted by Crippen LogP contribution is -2.40. The van der Waals surface area contributed by atoms with Crippen molar-refractivity contribution in [3.8, 4) is 11.4 Å². The number of amides is 1. The normalized spacial score (nSPS) is 12.0. The van der Waals surface area contributed by atoms with Crippen LogP contribution in [0.25, 0.3) is 16.6 Å². The molecule has 1 saturated carbocycles. The van der Waals surface area contributed by atoms with E-state index >= 15 is 0 Å². The van der Waals surface area contributed by atoms with Gasteiger partial charge >= 0.3 is 5.69 Å². The number of nitrogens with one attached hydrogen (secondary N) is 2. The zero-order valence-corrected chi connectivity index (χ0v) is 26.0. The van der Waals surface area contributed by atoms with E-state index in [1.54, 1.807) is 37.3 Å². The Balaban J connectivity index is 0.00000121. The van der Waals surface area contributed by atoms with Crippen LogP contribution in [0, 0.1) is 19.7 Å². The third-order valence-electron chi connectivity index (χ3n) is 6.78. The highest BCUT2D eigenvalue weighted by molar-refractivity contribution is 5.93. The molecule has 10 nitrogen and oxygen atoms in total. The van der Waals surface area contributed by atoms with E-state index in [2.05, 4.69) is 10.6 Å². The number of carbonyl (C=O) groups is 1. The Bertz CT molecular complexity index is 1820. The average molecular weight is 594 g/mol. The number of benzene rings is 2.